The summed E-state index contributed by atoms with van der Waals surface area (Å²) in [5.74, 6) is 0.701. The van der Waals surface area contributed by atoms with Gasteiger partial charge in [-0.3, -0.25) is 5.32 Å². The van der Waals surface area contributed by atoms with Gasteiger partial charge in [-0.2, -0.15) is 0 Å². The molecule has 1 aliphatic rings. The van der Waals surface area contributed by atoms with Crippen molar-refractivity contribution in [2.75, 3.05) is 25.5 Å². The number of nitrogens with one attached hydrogen (secondary N) is 2. The van der Waals surface area contributed by atoms with Crippen LogP contribution in [-0.4, -0.2) is 50.7 Å². The number of thiazole rings is 1. The van der Waals surface area contributed by atoms with Crippen molar-refractivity contribution in [3.05, 3.63) is 47.0 Å². The van der Waals surface area contributed by atoms with E-state index in [9.17, 15) is 5.11 Å². The largest absolute Gasteiger partial charge is 0.374 e. The number of aliphatic hydroxyl groups excluding tert-OH is 1. The van der Waals surface area contributed by atoms with E-state index < -0.39 is 6.23 Å². The zero-order chi connectivity index (χ0) is 20.8. The van der Waals surface area contributed by atoms with Crippen LogP contribution in [0.2, 0.25) is 5.02 Å². The fourth-order valence-corrected chi connectivity index (χ4v) is 5.07. The fourth-order valence-electron chi connectivity index (χ4n) is 3.94. The molecule has 0 bridgehead atoms. The summed E-state index contributed by atoms with van der Waals surface area (Å²) in [6, 6.07) is 11.8. The molecule has 0 aliphatic carbocycles. The topological polar surface area (TPSA) is 78.2 Å². The van der Waals surface area contributed by atoms with Crippen molar-refractivity contribution >= 4 is 55.3 Å². The Bertz CT molecular complexity index is 1220. The van der Waals surface area contributed by atoms with Gasteiger partial charge in [-0.15, -0.1) is 0 Å². The van der Waals surface area contributed by atoms with Gasteiger partial charge in [0, 0.05) is 24.7 Å². The Kier molecular flexibility index (Phi) is 5.12. The van der Waals surface area contributed by atoms with Crippen molar-refractivity contribution in [1.82, 2.24) is 24.8 Å². The van der Waals surface area contributed by atoms with Crippen LogP contribution < -0.4 is 10.6 Å². The molecule has 4 aromatic rings. The van der Waals surface area contributed by atoms with Crippen molar-refractivity contribution in [2.24, 2.45) is 7.05 Å². The third-order valence-electron chi connectivity index (χ3n) is 5.57. The molecule has 0 saturated carbocycles. The molecule has 1 unspecified atom stereocenters. The molecular weight excluding hydrogens is 420 g/mol. The molecule has 3 N–H and O–H groups in total. The predicted molar refractivity (Wildman–Crippen MR) is 123 cm³/mol. The predicted octanol–water partition coefficient (Wildman–Crippen LogP) is 3.86. The normalized spacial score (nSPS) is 18.5. The lowest BCUT2D eigenvalue weighted by Gasteiger charge is -2.18. The average molecular weight is 443 g/mol. The highest BCUT2D eigenvalue weighted by atomic mass is 35.5. The molecule has 0 spiro atoms. The number of fused-ring (bicyclic) bond motifs is 2. The first-order valence-corrected chi connectivity index (χ1v) is 11.1. The number of imidazole rings is 1. The Labute approximate surface area is 183 Å². The number of hydrogen-bond acceptors (Lipinski definition) is 7. The molecule has 2 aromatic heterocycles. The highest BCUT2D eigenvalue weighted by molar-refractivity contribution is 7.22. The third-order valence-corrected chi connectivity index (χ3v) is 6.74. The van der Waals surface area contributed by atoms with Gasteiger partial charge in [-0.25, -0.2) is 9.97 Å². The number of hydrogen-bond donors (Lipinski definition) is 3. The smallest absolute Gasteiger partial charge is 0.209 e. The fraction of sp³-hybridized carbons (Fsp3) is 0.333. The molecule has 2 aromatic carbocycles. The lowest BCUT2D eigenvalue weighted by Crippen LogP contribution is -2.34. The molecule has 0 radical (unpaired) electrons. The molecule has 5 rings (SSSR count). The summed E-state index contributed by atoms with van der Waals surface area (Å²) in [7, 11) is 4.06. The molecule has 1 aliphatic heterocycles. The lowest BCUT2D eigenvalue weighted by atomic mass is 10.1. The summed E-state index contributed by atoms with van der Waals surface area (Å²) >= 11 is 7.62. The van der Waals surface area contributed by atoms with E-state index in [0.29, 0.717) is 17.0 Å². The Morgan fingerprint density at radius 2 is 2.03 bits per heavy atom. The second kappa shape index (κ2) is 7.79. The van der Waals surface area contributed by atoms with E-state index >= 15 is 0 Å². The number of aliphatic hydroxyl groups is 1. The average Bonchev–Trinajstić information content (AvgIpc) is 3.39. The van der Waals surface area contributed by atoms with E-state index in [1.807, 2.05) is 48.0 Å². The number of likely N-dealkylation sites (N-methyl/N-ethyl adjacent to an activating group) is 1. The summed E-state index contributed by atoms with van der Waals surface area (Å²) in [5.41, 5.74) is 3.53. The monoisotopic (exact) mass is 442 g/mol. The van der Waals surface area contributed by atoms with Crippen LogP contribution in [0.4, 0.5) is 11.1 Å². The van der Waals surface area contributed by atoms with Gasteiger partial charge in [0.05, 0.1) is 21.3 Å². The quantitative estimate of drug-likeness (QED) is 0.407. The van der Waals surface area contributed by atoms with Gasteiger partial charge in [-0.05, 0) is 55.9 Å². The van der Waals surface area contributed by atoms with Gasteiger partial charge in [0.1, 0.15) is 6.23 Å². The van der Waals surface area contributed by atoms with Gasteiger partial charge in [-0.1, -0.05) is 29.0 Å². The van der Waals surface area contributed by atoms with E-state index in [2.05, 4.69) is 27.6 Å². The number of aryl methyl sites for hydroxylation is 1. The molecule has 1 saturated heterocycles. The van der Waals surface area contributed by atoms with Gasteiger partial charge in [0.2, 0.25) is 5.95 Å². The Morgan fingerprint density at radius 3 is 2.83 bits per heavy atom. The summed E-state index contributed by atoms with van der Waals surface area (Å²) in [6.45, 7) is 2.00. The number of halogens is 1. The maximum Gasteiger partial charge on any atom is 0.209 e. The molecular formula is C21H23ClN6OS. The molecule has 3 heterocycles. The summed E-state index contributed by atoms with van der Waals surface area (Å²) in [6.07, 6.45) is 0.333. The highest BCUT2D eigenvalue weighted by Gasteiger charge is 2.22. The molecule has 30 heavy (non-hydrogen) atoms. The Balaban J connectivity index is 1.38. The molecule has 156 valence electrons. The second-order valence-electron chi connectivity index (χ2n) is 7.82. The van der Waals surface area contributed by atoms with Crippen molar-refractivity contribution in [2.45, 2.75) is 18.7 Å². The van der Waals surface area contributed by atoms with Crippen molar-refractivity contribution in [1.29, 1.82) is 0 Å². The lowest BCUT2D eigenvalue weighted by molar-refractivity contribution is 0.124. The number of rotatable bonds is 5. The highest BCUT2D eigenvalue weighted by Crippen LogP contribution is 2.31. The van der Waals surface area contributed by atoms with E-state index in [-0.39, 0.29) is 0 Å². The van der Waals surface area contributed by atoms with Crippen LogP contribution in [0.5, 0.6) is 0 Å². The Morgan fingerprint density at radius 1 is 1.17 bits per heavy atom. The molecule has 2 atom stereocenters. The van der Waals surface area contributed by atoms with Crippen LogP contribution in [0, 0.1) is 0 Å². The molecule has 1 fully saturated rings. The van der Waals surface area contributed by atoms with Gasteiger partial charge < -0.3 is 19.9 Å². The first-order chi connectivity index (χ1) is 14.5. The number of benzene rings is 2. The van der Waals surface area contributed by atoms with Gasteiger partial charge >= 0.3 is 0 Å². The number of nitrogens with zero attached hydrogens (tertiary/aromatic N) is 4. The SMILES string of the molecule is CN1CC[C@@H](NC(O)c2ccc3c(c2)nc(Nc2nc4ccc(Cl)cc4s2)n3C)C1. The van der Waals surface area contributed by atoms with E-state index in [1.165, 1.54) is 11.3 Å². The summed E-state index contributed by atoms with van der Waals surface area (Å²) in [5, 5.41) is 18.7. The summed E-state index contributed by atoms with van der Waals surface area (Å²) in [4.78, 5) is 11.6. The van der Waals surface area contributed by atoms with Crippen molar-refractivity contribution in [3.8, 4) is 0 Å². The van der Waals surface area contributed by atoms with Crippen LogP contribution in [0.3, 0.4) is 0 Å². The van der Waals surface area contributed by atoms with Crippen LogP contribution in [0.1, 0.15) is 18.2 Å². The van der Waals surface area contributed by atoms with E-state index in [4.69, 9.17) is 16.6 Å². The number of likely N-dealkylation sites (tertiary alicyclic amines) is 1. The van der Waals surface area contributed by atoms with Crippen LogP contribution >= 0.6 is 22.9 Å². The first-order valence-electron chi connectivity index (χ1n) is 9.88. The minimum Gasteiger partial charge on any atom is -0.374 e. The maximum atomic E-state index is 10.6. The van der Waals surface area contributed by atoms with Crippen LogP contribution in [0.15, 0.2) is 36.4 Å². The van der Waals surface area contributed by atoms with E-state index in [1.54, 1.807) is 0 Å². The van der Waals surface area contributed by atoms with Gasteiger partial charge in [0.25, 0.3) is 0 Å². The standard InChI is InChI=1S/C21H23ClN6OS/c1-27-8-7-14(11-27)23-19(29)12-3-6-17-16(9-12)24-20(28(17)2)26-21-25-15-5-4-13(22)10-18(15)30-21/h3-6,9-10,14,19,23,29H,7-8,11H2,1-2H3,(H,24,25,26)/t14-,19?/m1/s1. The van der Waals surface area contributed by atoms with Crippen LogP contribution in [0.25, 0.3) is 21.3 Å². The molecule has 7 nitrogen and oxygen atoms in total. The number of aromatic nitrogens is 3. The van der Waals surface area contributed by atoms with Crippen molar-refractivity contribution in [3.63, 3.8) is 0 Å². The molecule has 9 heteroatoms. The maximum absolute atomic E-state index is 10.6. The zero-order valence-electron chi connectivity index (χ0n) is 16.8. The minimum absolute atomic E-state index is 0.300. The second-order valence-corrected chi connectivity index (χ2v) is 9.28. The van der Waals surface area contributed by atoms with E-state index in [0.717, 1.165) is 51.5 Å². The van der Waals surface area contributed by atoms with Crippen molar-refractivity contribution < 1.29 is 5.11 Å². The van der Waals surface area contributed by atoms with Gasteiger partial charge in [0.15, 0.2) is 5.13 Å². The third kappa shape index (κ3) is 3.77. The minimum atomic E-state index is -0.710. The molecule has 0 amide bonds. The zero-order valence-corrected chi connectivity index (χ0v) is 18.3. The Hall–Kier alpha value is -2.23. The first kappa shape index (κ1) is 19.7. The van der Waals surface area contributed by atoms with Crippen LogP contribution in [-0.2, 0) is 7.05 Å². The number of anilines is 2. The summed E-state index contributed by atoms with van der Waals surface area (Å²) < 4.78 is 3.02.